The number of amides is 1. The van der Waals surface area contributed by atoms with Gasteiger partial charge in [-0.3, -0.25) is 4.79 Å². The third-order valence-electron chi connectivity index (χ3n) is 3.82. The van der Waals surface area contributed by atoms with E-state index in [-0.39, 0.29) is 18.7 Å². The molecule has 1 aromatic rings. The quantitative estimate of drug-likeness (QED) is 0.902. The van der Waals surface area contributed by atoms with Crippen molar-refractivity contribution in [1.82, 2.24) is 5.32 Å². The van der Waals surface area contributed by atoms with Gasteiger partial charge in [-0.2, -0.15) is 13.2 Å². The van der Waals surface area contributed by atoms with E-state index in [1.54, 1.807) is 0 Å². The highest BCUT2D eigenvalue weighted by Gasteiger charge is 2.43. The largest absolute Gasteiger partial charge is 0.391 e. The molecule has 1 amide bonds. The Bertz CT molecular complexity index is 444. The van der Waals surface area contributed by atoms with Crippen LogP contribution in [0.5, 0.6) is 0 Å². The molecule has 110 valence electrons. The van der Waals surface area contributed by atoms with Gasteiger partial charge >= 0.3 is 6.18 Å². The molecule has 0 bridgehead atoms. The lowest BCUT2D eigenvalue weighted by atomic mass is 9.80. The van der Waals surface area contributed by atoms with Crippen LogP contribution in [0.15, 0.2) is 30.3 Å². The van der Waals surface area contributed by atoms with Gasteiger partial charge in [0.1, 0.15) is 0 Å². The Labute approximate surface area is 116 Å². The lowest BCUT2D eigenvalue weighted by molar-refractivity contribution is -0.186. The molecule has 2 nitrogen and oxygen atoms in total. The molecule has 2 rings (SSSR count). The maximum atomic E-state index is 12.7. The topological polar surface area (TPSA) is 29.1 Å². The van der Waals surface area contributed by atoms with Gasteiger partial charge in [0, 0.05) is 12.5 Å². The molecule has 20 heavy (non-hydrogen) atoms. The van der Waals surface area contributed by atoms with Crippen LogP contribution < -0.4 is 5.32 Å². The van der Waals surface area contributed by atoms with E-state index in [1.807, 2.05) is 30.3 Å². The van der Waals surface area contributed by atoms with Crippen LogP contribution in [0.1, 0.15) is 31.2 Å². The third-order valence-corrected chi connectivity index (χ3v) is 3.82. The molecule has 0 aliphatic heterocycles. The van der Waals surface area contributed by atoms with E-state index in [2.05, 4.69) is 5.32 Å². The summed E-state index contributed by atoms with van der Waals surface area (Å²) in [7, 11) is 0. The number of hydrogen-bond acceptors (Lipinski definition) is 1. The van der Waals surface area contributed by atoms with Crippen LogP contribution in [0.2, 0.25) is 0 Å². The highest BCUT2D eigenvalue weighted by atomic mass is 19.4. The highest BCUT2D eigenvalue weighted by molar-refractivity contribution is 5.78. The molecular weight excluding hydrogens is 267 g/mol. The van der Waals surface area contributed by atoms with Gasteiger partial charge in [-0.25, -0.2) is 0 Å². The van der Waals surface area contributed by atoms with E-state index in [0.717, 1.165) is 5.56 Å². The van der Waals surface area contributed by atoms with Crippen molar-refractivity contribution in [3.05, 3.63) is 35.9 Å². The molecule has 0 spiro atoms. The number of alkyl halides is 3. The molecule has 1 saturated carbocycles. The lowest BCUT2D eigenvalue weighted by Crippen LogP contribution is -2.37. The first-order valence-corrected chi connectivity index (χ1v) is 6.85. The van der Waals surface area contributed by atoms with Crippen molar-refractivity contribution in [1.29, 1.82) is 0 Å². The van der Waals surface area contributed by atoms with Crippen LogP contribution in [0.25, 0.3) is 0 Å². The zero-order chi connectivity index (χ0) is 14.6. The zero-order valence-corrected chi connectivity index (χ0v) is 11.1. The van der Waals surface area contributed by atoms with Gasteiger partial charge in [-0.15, -0.1) is 0 Å². The molecule has 0 unspecified atom stereocenters. The van der Waals surface area contributed by atoms with Gasteiger partial charge in [0.2, 0.25) is 5.91 Å². The monoisotopic (exact) mass is 285 g/mol. The average Bonchev–Trinajstić information content (AvgIpc) is 2.45. The standard InChI is InChI=1S/C15H18F3NO/c16-15(17,18)13-8-4-7-12(9-13)14(20)19-10-11-5-2-1-3-6-11/h1-3,5-6,12-13H,4,7-10H2,(H,19,20)/t12-,13+/m1/s1. The van der Waals surface area contributed by atoms with E-state index in [0.29, 0.717) is 19.4 Å². The summed E-state index contributed by atoms with van der Waals surface area (Å²) in [6.07, 6.45) is -3.10. The maximum Gasteiger partial charge on any atom is 0.391 e. The number of carbonyl (C=O) groups is 1. The number of nitrogens with one attached hydrogen (secondary N) is 1. The molecule has 1 aromatic carbocycles. The summed E-state index contributed by atoms with van der Waals surface area (Å²) in [4.78, 5) is 12.0. The van der Waals surface area contributed by atoms with Gasteiger partial charge in [0.25, 0.3) is 0 Å². The summed E-state index contributed by atoms with van der Waals surface area (Å²) in [6.45, 7) is 0.368. The molecule has 0 aromatic heterocycles. The Kier molecular flexibility index (Phi) is 4.68. The number of halogens is 3. The SMILES string of the molecule is O=C(NCc1ccccc1)[C@@H]1CCC[C@H](C(F)(F)F)C1. The van der Waals surface area contributed by atoms with Crippen molar-refractivity contribution in [3.8, 4) is 0 Å². The summed E-state index contributed by atoms with van der Waals surface area (Å²) in [5.74, 6) is -2.11. The number of rotatable bonds is 3. The van der Waals surface area contributed by atoms with Crippen LogP contribution in [0.3, 0.4) is 0 Å². The molecule has 1 aliphatic rings. The van der Waals surface area contributed by atoms with Crippen LogP contribution in [0, 0.1) is 11.8 Å². The molecule has 0 radical (unpaired) electrons. The maximum absolute atomic E-state index is 12.7. The fourth-order valence-electron chi connectivity index (χ4n) is 2.65. The van der Waals surface area contributed by atoms with Crippen molar-refractivity contribution >= 4 is 5.91 Å². The number of carbonyl (C=O) groups excluding carboxylic acids is 1. The van der Waals surface area contributed by atoms with Crippen molar-refractivity contribution in [2.24, 2.45) is 11.8 Å². The van der Waals surface area contributed by atoms with E-state index in [4.69, 9.17) is 0 Å². The Morgan fingerprint density at radius 3 is 2.55 bits per heavy atom. The second-order valence-corrected chi connectivity index (χ2v) is 5.31. The summed E-state index contributed by atoms with van der Waals surface area (Å²) < 4.78 is 38.1. The molecule has 1 aliphatic carbocycles. The number of hydrogen-bond donors (Lipinski definition) is 1. The molecule has 1 fully saturated rings. The predicted octanol–water partition coefficient (Wildman–Crippen LogP) is 3.67. The van der Waals surface area contributed by atoms with Crippen LogP contribution in [-0.2, 0) is 11.3 Å². The first-order chi connectivity index (χ1) is 9.47. The van der Waals surface area contributed by atoms with Crippen molar-refractivity contribution in [2.45, 2.75) is 38.4 Å². The van der Waals surface area contributed by atoms with E-state index < -0.39 is 18.0 Å². The van der Waals surface area contributed by atoms with E-state index in [9.17, 15) is 18.0 Å². The Balaban J connectivity index is 1.86. The average molecular weight is 285 g/mol. The molecular formula is C15H18F3NO. The van der Waals surface area contributed by atoms with Gasteiger partial charge in [0.05, 0.1) is 5.92 Å². The van der Waals surface area contributed by atoms with Gasteiger partial charge in [-0.05, 0) is 24.8 Å². The summed E-state index contributed by atoms with van der Waals surface area (Å²) in [5, 5.41) is 2.73. The minimum absolute atomic E-state index is 0.0792. The Hall–Kier alpha value is -1.52. The molecule has 2 atom stereocenters. The summed E-state index contributed by atoms with van der Waals surface area (Å²) in [5.41, 5.74) is 0.948. The Morgan fingerprint density at radius 2 is 1.90 bits per heavy atom. The minimum atomic E-state index is -4.18. The zero-order valence-electron chi connectivity index (χ0n) is 11.1. The second kappa shape index (κ2) is 6.29. The van der Waals surface area contributed by atoms with Gasteiger partial charge in [-0.1, -0.05) is 36.8 Å². The fraction of sp³-hybridized carbons (Fsp3) is 0.533. The highest BCUT2D eigenvalue weighted by Crippen LogP contribution is 2.39. The first-order valence-electron chi connectivity index (χ1n) is 6.85. The number of benzene rings is 1. The second-order valence-electron chi connectivity index (χ2n) is 5.31. The normalized spacial score (nSPS) is 23.4. The summed E-state index contributed by atoms with van der Waals surface area (Å²) >= 11 is 0. The molecule has 0 saturated heterocycles. The summed E-state index contributed by atoms with van der Waals surface area (Å²) in [6, 6.07) is 9.35. The van der Waals surface area contributed by atoms with Gasteiger partial charge < -0.3 is 5.32 Å². The fourth-order valence-corrected chi connectivity index (χ4v) is 2.65. The molecule has 1 N–H and O–H groups in total. The predicted molar refractivity (Wildman–Crippen MR) is 69.8 cm³/mol. The molecule has 0 heterocycles. The van der Waals surface area contributed by atoms with Crippen molar-refractivity contribution in [3.63, 3.8) is 0 Å². The van der Waals surface area contributed by atoms with Crippen LogP contribution in [0.4, 0.5) is 13.2 Å². The minimum Gasteiger partial charge on any atom is -0.352 e. The van der Waals surface area contributed by atoms with Crippen LogP contribution >= 0.6 is 0 Å². The van der Waals surface area contributed by atoms with E-state index in [1.165, 1.54) is 0 Å². The molecule has 5 heteroatoms. The van der Waals surface area contributed by atoms with Crippen LogP contribution in [-0.4, -0.2) is 12.1 Å². The van der Waals surface area contributed by atoms with E-state index >= 15 is 0 Å². The smallest absolute Gasteiger partial charge is 0.352 e. The first kappa shape index (κ1) is 14.9. The lowest BCUT2D eigenvalue weighted by Gasteiger charge is -2.29. The van der Waals surface area contributed by atoms with Crippen molar-refractivity contribution < 1.29 is 18.0 Å². The Morgan fingerprint density at radius 1 is 1.20 bits per heavy atom. The van der Waals surface area contributed by atoms with Crippen molar-refractivity contribution in [2.75, 3.05) is 0 Å². The third kappa shape index (κ3) is 3.99. The van der Waals surface area contributed by atoms with Gasteiger partial charge in [0.15, 0.2) is 0 Å².